The van der Waals surface area contributed by atoms with Crippen molar-refractivity contribution in [3.63, 3.8) is 0 Å². The molecule has 2 N–H and O–H groups in total. The number of carbonyl (C=O) groups is 2. The number of amides is 1. The zero-order chi connectivity index (χ0) is 17.4. The molecule has 0 saturated heterocycles. The minimum atomic E-state index is -0.842. The Bertz CT molecular complexity index is 320. The molecule has 0 aromatic rings. The van der Waals surface area contributed by atoms with E-state index in [4.69, 9.17) is 5.11 Å². The lowest BCUT2D eigenvalue weighted by atomic mass is 10.1. The zero-order valence-electron chi connectivity index (χ0n) is 15.0. The maximum Gasteiger partial charge on any atom is 0.327 e. The molecule has 0 bridgehead atoms. The van der Waals surface area contributed by atoms with Crippen molar-refractivity contribution in [3.05, 3.63) is 12.2 Å². The second kappa shape index (κ2) is 14.6. The first-order valence-corrected chi connectivity index (χ1v) is 8.25. The Hall–Kier alpha value is -1.36. The van der Waals surface area contributed by atoms with Gasteiger partial charge in [-0.25, -0.2) is 14.8 Å². The molecule has 1 amide bonds. The van der Waals surface area contributed by atoms with E-state index in [0.717, 1.165) is 12.8 Å². The summed E-state index contributed by atoms with van der Waals surface area (Å²) in [6.07, 6.45) is 12.0. The summed E-state index contributed by atoms with van der Waals surface area (Å²) in [6, 6.07) is 0. The number of carbonyl (C=O) groups excluding carboxylic acids is 1. The molecule has 0 spiro atoms. The van der Waals surface area contributed by atoms with Crippen molar-refractivity contribution in [1.29, 1.82) is 0 Å². The molecule has 0 fully saturated rings. The second-order valence-corrected chi connectivity index (χ2v) is 6.20. The van der Waals surface area contributed by atoms with Crippen LogP contribution in [0.2, 0.25) is 0 Å². The highest BCUT2D eigenvalue weighted by Crippen LogP contribution is 2.06. The first-order valence-electron chi connectivity index (χ1n) is 8.25. The Morgan fingerprint density at radius 3 is 1.95 bits per heavy atom. The van der Waals surface area contributed by atoms with Gasteiger partial charge in [-0.3, -0.25) is 4.79 Å². The third-order valence-electron chi connectivity index (χ3n) is 2.77. The normalized spacial score (nSPS) is 11.0. The SMILES string of the molecule is CCC(=O)N[N+](C)(C)C.CCCCCCCCC=CC(=O)O. The third-order valence-corrected chi connectivity index (χ3v) is 2.77. The molecular weight excluding hydrogens is 280 g/mol. The van der Waals surface area contributed by atoms with Gasteiger partial charge in [0.1, 0.15) is 0 Å². The smallest absolute Gasteiger partial charge is 0.327 e. The van der Waals surface area contributed by atoms with Crippen molar-refractivity contribution >= 4 is 11.9 Å². The van der Waals surface area contributed by atoms with Crippen LogP contribution in [-0.4, -0.2) is 42.7 Å². The van der Waals surface area contributed by atoms with E-state index in [-0.39, 0.29) is 5.91 Å². The van der Waals surface area contributed by atoms with Gasteiger partial charge >= 0.3 is 5.97 Å². The van der Waals surface area contributed by atoms with Gasteiger partial charge in [-0.05, 0) is 12.8 Å². The maximum absolute atomic E-state index is 10.7. The first-order chi connectivity index (χ1) is 10.2. The molecule has 0 saturated carbocycles. The minimum absolute atomic E-state index is 0.0856. The molecular formula is C17H35N2O3+. The van der Waals surface area contributed by atoms with E-state index in [1.165, 1.54) is 38.2 Å². The van der Waals surface area contributed by atoms with Gasteiger partial charge in [-0.1, -0.05) is 52.0 Å². The number of nitrogens with zero attached hydrogens (tertiary/aromatic N) is 1. The van der Waals surface area contributed by atoms with Crippen LogP contribution in [0.15, 0.2) is 12.2 Å². The summed E-state index contributed by atoms with van der Waals surface area (Å²) in [4.78, 5) is 20.8. The fraction of sp³-hybridized carbons (Fsp3) is 0.765. The average molecular weight is 315 g/mol. The number of allylic oxidation sites excluding steroid dienone is 1. The summed E-state index contributed by atoms with van der Waals surface area (Å²) >= 11 is 0. The van der Waals surface area contributed by atoms with Gasteiger partial charge in [0.2, 0.25) is 0 Å². The van der Waals surface area contributed by atoms with E-state index in [1.54, 1.807) is 6.08 Å². The summed E-state index contributed by atoms with van der Waals surface area (Å²) in [6.45, 7) is 4.04. The zero-order valence-corrected chi connectivity index (χ0v) is 15.0. The predicted octanol–water partition coefficient (Wildman–Crippen LogP) is 3.51. The average Bonchev–Trinajstić information content (AvgIpc) is 2.40. The van der Waals surface area contributed by atoms with Gasteiger partial charge in [0, 0.05) is 12.5 Å². The van der Waals surface area contributed by atoms with Crippen molar-refractivity contribution in [2.24, 2.45) is 0 Å². The molecule has 22 heavy (non-hydrogen) atoms. The molecule has 0 aromatic carbocycles. The number of aliphatic carboxylic acids is 1. The van der Waals surface area contributed by atoms with Crippen LogP contribution in [0.25, 0.3) is 0 Å². The van der Waals surface area contributed by atoms with E-state index in [0.29, 0.717) is 11.0 Å². The lowest BCUT2D eigenvalue weighted by Crippen LogP contribution is -2.50. The molecule has 0 rings (SSSR count). The maximum atomic E-state index is 10.7. The van der Waals surface area contributed by atoms with Crippen LogP contribution in [0, 0.1) is 0 Å². The molecule has 0 atom stereocenters. The highest BCUT2D eigenvalue weighted by molar-refractivity contribution is 5.79. The third kappa shape index (κ3) is 23.7. The molecule has 0 aliphatic rings. The molecule has 0 aromatic heterocycles. The topological polar surface area (TPSA) is 66.4 Å². The lowest BCUT2D eigenvalue weighted by Gasteiger charge is -2.22. The van der Waals surface area contributed by atoms with Crippen LogP contribution in [0.5, 0.6) is 0 Å². The number of hydrogen-bond donors (Lipinski definition) is 2. The second-order valence-electron chi connectivity index (χ2n) is 6.20. The minimum Gasteiger partial charge on any atom is -0.478 e. The van der Waals surface area contributed by atoms with Crippen molar-refractivity contribution in [1.82, 2.24) is 5.43 Å². The quantitative estimate of drug-likeness (QED) is 0.280. The Labute approximate surface area is 136 Å². The van der Waals surface area contributed by atoms with E-state index in [2.05, 4.69) is 12.3 Å². The van der Waals surface area contributed by atoms with Crippen LogP contribution < -0.4 is 5.43 Å². The van der Waals surface area contributed by atoms with Crippen molar-refractivity contribution in [2.45, 2.75) is 65.2 Å². The molecule has 0 unspecified atom stereocenters. The van der Waals surface area contributed by atoms with E-state index in [1.807, 2.05) is 28.1 Å². The van der Waals surface area contributed by atoms with E-state index in [9.17, 15) is 9.59 Å². The lowest BCUT2D eigenvalue weighted by molar-refractivity contribution is -0.906. The van der Waals surface area contributed by atoms with Gasteiger partial charge in [0.05, 0.1) is 21.1 Å². The Morgan fingerprint density at radius 2 is 1.55 bits per heavy atom. The monoisotopic (exact) mass is 315 g/mol. The Morgan fingerprint density at radius 1 is 1.00 bits per heavy atom. The van der Waals surface area contributed by atoms with Crippen LogP contribution in [-0.2, 0) is 9.59 Å². The number of quaternary nitrogens is 1. The Kier molecular flexibility index (Phi) is 15.2. The number of unbranched alkanes of at least 4 members (excludes halogenated alkanes) is 6. The highest BCUT2D eigenvalue weighted by atomic mass is 16.4. The number of carboxylic acid groups (broad SMARTS) is 1. The number of rotatable bonds is 10. The first kappa shape index (κ1) is 22.9. The number of hydrogen-bond acceptors (Lipinski definition) is 2. The summed E-state index contributed by atoms with van der Waals surface area (Å²) in [7, 11) is 5.73. The molecule has 5 nitrogen and oxygen atoms in total. The van der Waals surface area contributed by atoms with E-state index >= 15 is 0 Å². The summed E-state index contributed by atoms with van der Waals surface area (Å²) < 4.78 is 0.493. The van der Waals surface area contributed by atoms with Crippen molar-refractivity contribution < 1.29 is 19.3 Å². The molecule has 0 aliphatic carbocycles. The highest BCUT2D eigenvalue weighted by Gasteiger charge is 2.08. The van der Waals surface area contributed by atoms with Crippen LogP contribution in [0.1, 0.15) is 65.2 Å². The van der Waals surface area contributed by atoms with Gasteiger partial charge < -0.3 is 5.11 Å². The number of nitrogens with one attached hydrogen (secondary N) is 1. The van der Waals surface area contributed by atoms with Gasteiger partial charge in [0.25, 0.3) is 5.91 Å². The van der Waals surface area contributed by atoms with Crippen LogP contribution in [0.3, 0.4) is 0 Å². The molecule has 130 valence electrons. The molecule has 0 radical (unpaired) electrons. The van der Waals surface area contributed by atoms with Crippen LogP contribution >= 0.6 is 0 Å². The molecule has 0 aliphatic heterocycles. The standard InChI is InChI=1S/C11H20O2.C6H14N2O/c1-2-3-4-5-6-7-8-9-10-11(12)13;1-5-6(9)7-8(2,3)4/h9-10H,2-8H2,1H3,(H,12,13);5H2,1-4H3/p+1. The molecule has 0 heterocycles. The van der Waals surface area contributed by atoms with Crippen LogP contribution in [0.4, 0.5) is 0 Å². The van der Waals surface area contributed by atoms with Gasteiger partial charge in [-0.2, -0.15) is 0 Å². The van der Waals surface area contributed by atoms with E-state index < -0.39 is 5.97 Å². The fourth-order valence-corrected chi connectivity index (χ4v) is 1.68. The van der Waals surface area contributed by atoms with Crippen molar-refractivity contribution in [3.8, 4) is 0 Å². The van der Waals surface area contributed by atoms with Gasteiger partial charge in [-0.15, -0.1) is 0 Å². The summed E-state index contributed by atoms with van der Waals surface area (Å²) in [5.41, 5.74) is 2.77. The fourth-order valence-electron chi connectivity index (χ4n) is 1.68. The Balaban J connectivity index is 0. The van der Waals surface area contributed by atoms with Gasteiger partial charge in [0.15, 0.2) is 0 Å². The summed E-state index contributed by atoms with van der Waals surface area (Å²) in [5.74, 6) is -0.756. The van der Waals surface area contributed by atoms with Crippen molar-refractivity contribution in [2.75, 3.05) is 21.1 Å². The predicted molar refractivity (Wildman–Crippen MR) is 91.2 cm³/mol. The molecule has 5 heteroatoms. The summed E-state index contributed by atoms with van der Waals surface area (Å²) in [5, 5.41) is 8.30. The number of carboxylic acids is 1. The largest absolute Gasteiger partial charge is 0.478 e.